The van der Waals surface area contributed by atoms with E-state index in [1.807, 2.05) is 0 Å². The van der Waals surface area contributed by atoms with E-state index in [4.69, 9.17) is 0 Å². The van der Waals surface area contributed by atoms with Crippen LogP contribution < -0.4 is 0 Å². The van der Waals surface area contributed by atoms with E-state index >= 15 is 0 Å². The van der Waals surface area contributed by atoms with Crippen molar-refractivity contribution in [3.05, 3.63) is 0 Å². The zero-order valence-corrected chi connectivity index (χ0v) is 24.8. The van der Waals surface area contributed by atoms with Crippen molar-refractivity contribution in [1.29, 1.82) is 0 Å². The van der Waals surface area contributed by atoms with Crippen molar-refractivity contribution in [3.8, 4) is 0 Å². The van der Waals surface area contributed by atoms with Crippen molar-refractivity contribution in [2.75, 3.05) is 24.6 Å². The van der Waals surface area contributed by atoms with Crippen LogP contribution in [-0.4, -0.2) is 24.6 Å². The Morgan fingerprint density at radius 1 is 0.250 bits per heavy atom. The summed E-state index contributed by atoms with van der Waals surface area (Å²) in [7, 11) is 2.52. The standard InChI is InChI=1S/C30H64P2/c1-3-5-7-9-11-13-15-17-19-21-23-25-27-31-29-30-32-28-26-24-22-20-18-16-14-12-10-8-6-4-2/h31-32H,3-30H2,1-2H3. The maximum Gasteiger partial charge on any atom is -0.0316 e. The van der Waals surface area contributed by atoms with Gasteiger partial charge in [0, 0.05) is 0 Å². The summed E-state index contributed by atoms with van der Waals surface area (Å²) < 4.78 is 0. The second kappa shape index (κ2) is 31.9. The Labute approximate surface area is 209 Å². The quantitative estimate of drug-likeness (QED) is 0.0728. The van der Waals surface area contributed by atoms with E-state index in [0.717, 1.165) is 0 Å². The monoisotopic (exact) mass is 486 g/mol. The molecule has 0 radical (unpaired) electrons. The number of hydrogen-bond donors (Lipinski definition) is 0. The molecule has 0 aliphatic rings. The van der Waals surface area contributed by atoms with Crippen molar-refractivity contribution in [1.82, 2.24) is 0 Å². The first-order chi connectivity index (χ1) is 15.9. The molecule has 32 heavy (non-hydrogen) atoms. The van der Waals surface area contributed by atoms with E-state index in [2.05, 4.69) is 13.8 Å². The summed E-state index contributed by atoms with van der Waals surface area (Å²) in [6.07, 6.45) is 41.6. The van der Waals surface area contributed by atoms with Gasteiger partial charge in [0.05, 0.1) is 0 Å². The van der Waals surface area contributed by atoms with E-state index in [1.54, 1.807) is 0 Å². The highest BCUT2D eigenvalue weighted by atomic mass is 31.1. The minimum absolute atomic E-state index is 1.26. The molecule has 0 rings (SSSR count). The third-order valence-electron chi connectivity index (χ3n) is 6.89. The normalized spacial score (nSPS) is 12.2. The predicted octanol–water partition coefficient (Wildman–Crippen LogP) is 11.7. The molecular weight excluding hydrogens is 422 g/mol. The van der Waals surface area contributed by atoms with Crippen molar-refractivity contribution in [2.24, 2.45) is 0 Å². The zero-order chi connectivity index (χ0) is 23.2. The van der Waals surface area contributed by atoms with Gasteiger partial charge in [-0.2, -0.15) is 0 Å². The highest BCUT2D eigenvalue weighted by molar-refractivity contribution is 7.42. The molecule has 0 aliphatic carbocycles. The van der Waals surface area contributed by atoms with Gasteiger partial charge in [0.25, 0.3) is 0 Å². The zero-order valence-electron chi connectivity index (χ0n) is 22.8. The minimum Gasteiger partial charge on any atom is -0.122 e. The Morgan fingerprint density at radius 2 is 0.469 bits per heavy atom. The van der Waals surface area contributed by atoms with Gasteiger partial charge in [-0.25, -0.2) is 0 Å². The summed E-state index contributed by atoms with van der Waals surface area (Å²) in [4.78, 5) is 0. The van der Waals surface area contributed by atoms with Crippen LogP contribution >= 0.6 is 17.2 Å². The lowest BCUT2D eigenvalue weighted by Gasteiger charge is -2.05. The fraction of sp³-hybridized carbons (Fsp3) is 1.00. The molecule has 0 spiro atoms. The molecule has 0 saturated carbocycles. The van der Waals surface area contributed by atoms with Gasteiger partial charge >= 0.3 is 0 Å². The van der Waals surface area contributed by atoms with Gasteiger partial charge in [-0.05, 0) is 37.5 Å². The number of rotatable bonds is 29. The van der Waals surface area contributed by atoms with E-state index in [9.17, 15) is 0 Å². The molecule has 0 saturated heterocycles. The first-order valence-electron chi connectivity index (χ1n) is 15.3. The molecule has 0 N–H and O–H groups in total. The van der Waals surface area contributed by atoms with Crippen LogP contribution in [0.1, 0.15) is 168 Å². The number of unbranched alkanes of at least 4 members (excludes halogenated alkanes) is 22. The fourth-order valence-corrected chi connectivity index (χ4v) is 7.52. The SMILES string of the molecule is CCCCCCCCCCCCCCPCCPCCCCCCCCCCCCCC. The third kappa shape index (κ3) is 30.9. The molecular formula is C30H64P2. The predicted molar refractivity (Wildman–Crippen MR) is 158 cm³/mol. The van der Waals surface area contributed by atoms with Gasteiger partial charge in [-0.15, -0.1) is 17.2 Å². The Morgan fingerprint density at radius 3 is 0.719 bits per heavy atom. The van der Waals surface area contributed by atoms with Crippen LogP contribution in [-0.2, 0) is 0 Å². The Balaban J connectivity index is 2.98. The average molecular weight is 487 g/mol. The van der Waals surface area contributed by atoms with Crippen molar-refractivity contribution in [3.63, 3.8) is 0 Å². The summed E-state index contributed by atoms with van der Waals surface area (Å²) in [5.74, 6) is 0. The second-order valence-corrected chi connectivity index (χ2v) is 13.3. The minimum atomic E-state index is 1.26. The van der Waals surface area contributed by atoms with Crippen molar-refractivity contribution < 1.29 is 0 Å². The molecule has 0 fully saturated rings. The van der Waals surface area contributed by atoms with Gasteiger partial charge in [0.1, 0.15) is 0 Å². The molecule has 2 atom stereocenters. The lowest BCUT2D eigenvalue weighted by molar-refractivity contribution is 0.548. The summed E-state index contributed by atoms with van der Waals surface area (Å²) in [6, 6.07) is 0. The van der Waals surface area contributed by atoms with E-state index < -0.39 is 0 Å². The smallest absolute Gasteiger partial charge is 0.0316 e. The topological polar surface area (TPSA) is 0 Å². The molecule has 0 amide bonds. The maximum absolute atomic E-state index is 2.31. The van der Waals surface area contributed by atoms with Gasteiger partial charge in [0.2, 0.25) is 0 Å². The van der Waals surface area contributed by atoms with Crippen LogP contribution in [0.15, 0.2) is 0 Å². The molecule has 0 aromatic rings. The average Bonchev–Trinajstić information content (AvgIpc) is 2.81. The van der Waals surface area contributed by atoms with Crippen LogP contribution in [0.2, 0.25) is 0 Å². The Kier molecular flexibility index (Phi) is 32.7. The first kappa shape index (κ1) is 32.9. The first-order valence-corrected chi connectivity index (χ1v) is 18.2. The van der Waals surface area contributed by atoms with Gasteiger partial charge in [-0.3, -0.25) is 0 Å². The fourth-order valence-electron chi connectivity index (χ4n) is 4.61. The summed E-state index contributed by atoms with van der Waals surface area (Å²) in [5, 5.41) is 0. The summed E-state index contributed by atoms with van der Waals surface area (Å²) in [5.41, 5.74) is 0. The van der Waals surface area contributed by atoms with Crippen LogP contribution in [0.3, 0.4) is 0 Å². The second-order valence-electron chi connectivity index (χ2n) is 10.3. The van der Waals surface area contributed by atoms with Gasteiger partial charge < -0.3 is 0 Å². The number of hydrogen-bond acceptors (Lipinski definition) is 0. The van der Waals surface area contributed by atoms with E-state index in [0.29, 0.717) is 0 Å². The molecule has 2 unspecified atom stereocenters. The molecule has 194 valence electrons. The molecule has 0 nitrogen and oxygen atoms in total. The third-order valence-corrected chi connectivity index (χ3v) is 10.0. The maximum atomic E-state index is 2.31. The summed E-state index contributed by atoms with van der Waals surface area (Å²) >= 11 is 0. The highest BCUT2D eigenvalue weighted by Crippen LogP contribution is 2.21. The van der Waals surface area contributed by atoms with Crippen molar-refractivity contribution in [2.45, 2.75) is 168 Å². The van der Waals surface area contributed by atoms with E-state index in [-0.39, 0.29) is 0 Å². The highest BCUT2D eigenvalue weighted by Gasteiger charge is 1.96. The molecule has 0 heterocycles. The lowest BCUT2D eigenvalue weighted by atomic mass is 10.1. The largest absolute Gasteiger partial charge is 0.122 e. The molecule has 0 aromatic carbocycles. The Bertz CT molecular complexity index is 275. The van der Waals surface area contributed by atoms with Gasteiger partial charge in [0.15, 0.2) is 0 Å². The van der Waals surface area contributed by atoms with Crippen LogP contribution in [0, 0.1) is 0 Å². The van der Waals surface area contributed by atoms with Crippen LogP contribution in [0.25, 0.3) is 0 Å². The Hall–Kier alpha value is 0.860. The molecule has 0 aliphatic heterocycles. The van der Waals surface area contributed by atoms with E-state index in [1.165, 1.54) is 196 Å². The molecule has 0 aromatic heterocycles. The summed E-state index contributed by atoms with van der Waals surface area (Å²) in [6.45, 7) is 4.61. The van der Waals surface area contributed by atoms with Crippen LogP contribution in [0.4, 0.5) is 0 Å². The van der Waals surface area contributed by atoms with Crippen molar-refractivity contribution >= 4 is 17.2 Å². The van der Waals surface area contributed by atoms with Crippen LogP contribution in [0.5, 0.6) is 0 Å². The molecule has 0 bridgehead atoms. The molecule has 2 heteroatoms. The lowest BCUT2D eigenvalue weighted by Crippen LogP contribution is -1.87. The van der Waals surface area contributed by atoms with Gasteiger partial charge in [-0.1, -0.05) is 155 Å².